The summed E-state index contributed by atoms with van der Waals surface area (Å²) in [6.45, 7) is 6.17. The van der Waals surface area contributed by atoms with Gasteiger partial charge in [-0.2, -0.15) is 0 Å². The van der Waals surface area contributed by atoms with E-state index in [4.69, 9.17) is 0 Å². The van der Waals surface area contributed by atoms with Crippen LogP contribution < -0.4 is 4.90 Å². The van der Waals surface area contributed by atoms with E-state index >= 15 is 0 Å². The van der Waals surface area contributed by atoms with Crippen LogP contribution in [0.4, 0.5) is 10.1 Å². The summed E-state index contributed by atoms with van der Waals surface area (Å²) in [5.74, 6) is 0.0340. The Kier molecular flexibility index (Phi) is 4.23. The Morgan fingerprint density at radius 2 is 2.11 bits per heavy atom. The molecule has 0 aromatic heterocycles. The lowest BCUT2D eigenvalue weighted by molar-refractivity contribution is -0.123. The van der Waals surface area contributed by atoms with E-state index in [2.05, 4.69) is 6.92 Å². The summed E-state index contributed by atoms with van der Waals surface area (Å²) in [5, 5.41) is 0. The van der Waals surface area contributed by atoms with Gasteiger partial charge in [0.15, 0.2) is 0 Å². The number of fused-ring (bicyclic) bond motifs is 1. The normalized spacial score (nSPS) is 18.6. The quantitative estimate of drug-likeness (QED) is 0.809. The maximum atomic E-state index is 13.3. The largest absolute Gasteiger partial charge is 0.309 e. The Balaban J connectivity index is 2.37. The van der Waals surface area contributed by atoms with Crippen molar-refractivity contribution in [2.24, 2.45) is 5.92 Å². The van der Waals surface area contributed by atoms with E-state index in [1.165, 1.54) is 6.07 Å². The Hall–Kier alpha value is -1.38. The molecule has 0 fully saturated rings. The monoisotopic (exact) mass is 263 g/mol. The van der Waals surface area contributed by atoms with Gasteiger partial charge < -0.3 is 4.90 Å². The smallest absolute Gasteiger partial charge is 0.230 e. The summed E-state index contributed by atoms with van der Waals surface area (Å²) in [6.07, 6.45) is 3.47. The highest BCUT2D eigenvalue weighted by molar-refractivity contribution is 5.96. The summed E-state index contributed by atoms with van der Waals surface area (Å²) in [4.78, 5) is 14.5. The van der Waals surface area contributed by atoms with E-state index in [0.717, 1.165) is 36.9 Å². The molecule has 19 heavy (non-hydrogen) atoms. The minimum Gasteiger partial charge on any atom is -0.309 e. The van der Waals surface area contributed by atoms with E-state index in [9.17, 15) is 9.18 Å². The Morgan fingerprint density at radius 1 is 1.42 bits per heavy atom. The number of hydrogen-bond acceptors (Lipinski definition) is 1. The van der Waals surface area contributed by atoms with Crippen LogP contribution in [0.3, 0.4) is 0 Å². The van der Waals surface area contributed by atoms with Crippen LogP contribution in [0.2, 0.25) is 0 Å². The molecule has 1 aromatic carbocycles. The average Bonchev–Trinajstić information content (AvgIpc) is 2.40. The molecule has 104 valence electrons. The summed E-state index contributed by atoms with van der Waals surface area (Å²) in [5.41, 5.74) is 1.86. The van der Waals surface area contributed by atoms with Gasteiger partial charge in [0, 0.05) is 17.6 Å². The summed E-state index contributed by atoms with van der Waals surface area (Å²) in [7, 11) is 0. The number of nitrogens with zero attached hydrogens (tertiary/aromatic N) is 1. The van der Waals surface area contributed by atoms with E-state index in [1.807, 2.05) is 18.7 Å². The number of halogens is 1. The van der Waals surface area contributed by atoms with Crippen LogP contribution in [0.25, 0.3) is 0 Å². The lowest BCUT2D eigenvalue weighted by Crippen LogP contribution is -2.45. The second kappa shape index (κ2) is 5.72. The zero-order valence-corrected chi connectivity index (χ0v) is 11.9. The molecule has 0 N–H and O–H groups in total. The van der Waals surface area contributed by atoms with Crippen molar-refractivity contribution in [2.45, 2.75) is 52.5 Å². The summed E-state index contributed by atoms with van der Waals surface area (Å²) in [6, 6.07) is 4.96. The van der Waals surface area contributed by atoms with Crippen LogP contribution in [0.15, 0.2) is 18.2 Å². The summed E-state index contributed by atoms with van der Waals surface area (Å²) < 4.78 is 13.3. The third-order valence-electron chi connectivity index (χ3n) is 4.15. The van der Waals surface area contributed by atoms with Crippen LogP contribution in [0, 0.1) is 11.7 Å². The van der Waals surface area contributed by atoms with Crippen molar-refractivity contribution in [1.29, 1.82) is 0 Å². The van der Waals surface area contributed by atoms with Crippen molar-refractivity contribution < 1.29 is 9.18 Å². The van der Waals surface area contributed by atoms with Crippen LogP contribution in [0.1, 0.15) is 45.6 Å². The number of hydrogen-bond donors (Lipinski definition) is 0. The molecular formula is C16H22FNO. The van der Waals surface area contributed by atoms with Gasteiger partial charge >= 0.3 is 0 Å². The van der Waals surface area contributed by atoms with Crippen molar-refractivity contribution in [3.63, 3.8) is 0 Å². The maximum absolute atomic E-state index is 13.3. The first kappa shape index (κ1) is 14.0. The van der Waals surface area contributed by atoms with Crippen molar-refractivity contribution >= 4 is 11.6 Å². The molecule has 0 unspecified atom stereocenters. The second-order valence-electron chi connectivity index (χ2n) is 5.38. The summed E-state index contributed by atoms with van der Waals surface area (Å²) >= 11 is 0. The van der Waals surface area contributed by atoms with E-state index < -0.39 is 0 Å². The van der Waals surface area contributed by atoms with E-state index in [-0.39, 0.29) is 23.7 Å². The standard InChI is InChI=1S/C16H22FNO/c1-4-12(5-2)16(19)18-11(3)6-7-13-10-14(17)8-9-15(13)18/h8-12H,4-7H2,1-3H3/t11-/m1/s1. The zero-order valence-electron chi connectivity index (χ0n) is 11.9. The fourth-order valence-electron chi connectivity index (χ4n) is 2.89. The molecule has 1 aromatic rings. The molecule has 0 saturated heterocycles. The van der Waals surface area contributed by atoms with E-state index in [1.54, 1.807) is 12.1 Å². The predicted molar refractivity (Wildman–Crippen MR) is 75.7 cm³/mol. The molecular weight excluding hydrogens is 241 g/mol. The predicted octanol–water partition coefficient (Wildman–Crippen LogP) is 3.93. The van der Waals surface area contributed by atoms with Gasteiger partial charge in [0.05, 0.1) is 0 Å². The van der Waals surface area contributed by atoms with Crippen molar-refractivity contribution in [1.82, 2.24) is 0 Å². The Bertz CT molecular complexity index is 468. The van der Waals surface area contributed by atoms with Gasteiger partial charge in [-0.15, -0.1) is 0 Å². The fourth-order valence-corrected chi connectivity index (χ4v) is 2.89. The number of carbonyl (C=O) groups is 1. The van der Waals surface area contributed by atoms with Crippen molar-refractivity contribution in [3.8, 4) is 0 Å². The molecule has 1 amide bonds. The molecule has 1 atom stereocenters. The molecule has 0 radical (unpaired) electrons. The number of amides is 1. The molecule has 2 nitrogen and oxygen atoms in total. The lowest BCUT2D eigenvalue weighted by atomic mass is 9.93. The number of benzene rings is 1. The molecule has 0 spiro atoms. The molecule has 1 heterocycles. The first-order valence-corrected chi connectivity index (χ1v) is 7.20. The van der Waals surface area contributed by atoms with Gasteiger partial charge in [-0.3, -0.25) is 4.79 Å². The fraction of sp³-hybridized carbons (Fsp3) is 0.562. The third-order valence-corrected chi connectivity index (χ3v) is 4.15. The van der Waals surface area contributed by atoms with Gasteiger partial charge in [-0.05, 0) is 56.4 Å². The van der Waals surface area contributed by atoms with E-state index in [0.29, 0.717) is 0 Å². The molecule has 0 saturated carbocycles. The van der Waals surface area contributed by atoms with Gasteiger partial charge in [-0.25, -0.2) is 4.39 Å². The van der Waals surface area contributed by atoms with Gasteiger partial charge in [0.25, 0.3) is 0 Å². The van der Waals surface area contributed by atoms with Crippen LogP contribution in [0.5, 0.6) is 0 Å². The molecule has 3 heteroatoms. The van der Waals surface area contributed by atoms with Crippen LogP contribution in [-0.2, 0) is 11.2 Å². The highest BCUT2D eigenvalue weighted by Gasteiger charge is 2.31. The van der Waals surface area contributed by atoms with Gasteiger partial charge in [0.1, 0.15) is 5.82 Å². The van der Waals surface area contributed by atoms with Gasteiger partial charge in [0.2, 0.25) is 5.91 Å². The minimum atomic E-state index is -0.219. The molecule has 0 bridgehead atoms. The van der Waals surface area contributed by atoms with Crippen molar-refractivity contribution in [2.75, 3.05) is 4.90 Å². The SMILES string of the molecule is CCC(CC)C(=O)N1c2ccc(F)cc2CC[C@H]1C. The Morgan fingerprint density at radius 3 is 2.74 bits per heavy atom. The number of carbonyl (C=O) groups excluding carboxylic acids is 1. The van der Waals surface area contributed by atoms with Crippen LogP contribution >= 0.6 is 0 Å². The minimum absolute atomic E-state index is 0.0680. The highest BCUT2D eigenvalue weighted by atomic mass is 19.1. The molecule has 2 rings (SSSR count). The zero-order chi connectivity index (χ0) is 14.0. The third kappa shape index (κ3) is 2.65. The lowest BCUT2D eigenvalue weighted by Gasteiger charge is -2.37. The average molecular weight is 263 g/mol. The number of rotatable bonds is 3. The second-order valence-corrected chi connectivity index (χ2v) is 5.38. The maximum Gasteiger partial charge on any atom is 0.230 e. The molecule has 1 aliphatic heterocycles. The highest BCUT2D eigenvalue weighted by Crippen LogP contribution is 2.33. The van der Waals surface area contributed by atoms with Crippen LogP contribution in [-0.4, -0.2) is 11.9 Å². The topological polar surface area (TPSA) is 20.3 Å². The molecule has 1 aliphatic rings. The number of aryl methyl sites for hydroxylation is 1. The molecule has 0 aliphatic carbocycles. The first-order chi connectivity index (χ1) is 9.08. The Labute approximate surface area is 114 Å². The van der Waals surface area contributed by atoms with Crippen molar-refractivity contribution in [3.05, 3.63) is 29.6 Å². The van der Waals surface area contributed by atoms with Gasteiger partial charge in [-0.1, -0.05) is 13.8 Å². The first-order valence-electron chi connectivity index (χ1n) is 7.20. The number of anilines is 1.